The molecule has 0 saturated heterocycles. The lowest BCUT2D eigenvalue weighted by Crippen LogP contribution is -2.11. The van der Waals surface area contributed by atoms with Crippen LogP contribution >= 0.6 is 0 Å². The van der Waals surface area contributed by atoms with Gasteiger partial charge < -0.3 is 10.1 Å². The minimum Gasteiger partial charge on any atom is -0.495 e. The molecule has 1 aromatic rings. The van der Waals surface area contributed by atoms with Gasteiger partial charge in [-0.15, -0.1) is 0 Å². The van der Waals surface area contributed by atoms with Gasteiger partial charge in [0.15, 0.2) is 0 Å². The third-order valence-corrected chi connectivity index (χ3v) is 2.96. The second-order valence-corrected chi connectivity index (χ2v) is 5.18. The summed E-state index contributed by atoms with van der Waals surface area (Å²) < 4.78 is 5.41. The van der Waals surface area contributed by atoms with Crippen molar-refractivity contribution >= 4 is 11.6 Å². The fraction of sp³-hybridized carbons (Fsp3) is 0.533. The summed E-state index contributed by atoms with van der Waals surface area (Å²) in [7, 11) is 1.63. The molecule has 100 valence electrons. The Morgan fingerprint density at radius 2 is 1.78 bits per heavy atom. The van der Waals surface area contributed by atoms with Crippen LogP contribution in [-0.4, -0.2) is 13.0 Å². The Hall–Kier alpha value is -1.51. The summed E-state index contributed by atoms with van der Waals surface area (Å²) in [5.74, 6) is 1.43. The van der Waals surface area contributed by atoms with Crippen LogP contribution in [-0.2, 0) is 4.79 Å². The van der Waals surface area contributed by atoms with Crippen molar-refractivity contribution in [2.24, 2.45) is 0 Å². The van der Waals surface area contributed by atoms with Crippen molar-refractivity contribution in [2.45, 2.75) is 46.5 Å². The molecule has 3 nitrogen and oxygen atoms in total. The fourth-order valence-corrected chi connectivity index (χ4v) is 1.92. The van der Waals surface area contributed by atoms with Gasteiger partial charge in [0.2, 0.25) is 5.91 Å². The van der Waals surface area contributed by atoms with Crippen molar-refractivity contribution < 1.29 is 9.53 Å². The average molecular weight is 249 g/mol. The lowest BCUT2D eigenvalue weighted by Gasteiger charge is -2.20. The Kier molecular flexibility index (Phi) is 4.76. The van der Waals surface area contributed by atoms with Gasteiger partial charge in [-0.2, -0.15) is 0 Å². The predicted octanol–water partition coefficient (Wildman–Crippen LogP) is 3.90. The first-order valence-corrected chi connectivity index (χ1v) is 6.36. The molecule has 0 aliphatic carbocycles. The van der Waals surface area contributed by atoms with Gasteiger partial charge in [-0.1, -0.05) is 33.8 Å². The van der Waals surface area contributed by atoms with E-state index in [1.165, 1.54) is 12.5 Å². The van der Waals surface area contributed by atoms with E-state index < -0.39 is 0 Å². The molecular formula is C15H23NO2. The maximum atomic E-state index is 11.3. The summed E-state index contributed by atoms with van der Waals surface area (Å²) in [4.78, 5) is 11.3. The van der Waals surface area contributed by atoms with Crippen LogP contribution in [0.1, 0.15) is 57.6 Å². The first kappa shape index (κ1) is 14.6. The standard InChI is InChI=1S/C15H23NO2/c1-9(2)12-7-13(10(3)4)15(16-11(5)17)14(8-12)18-6/h7-10H,1-6H3,(H,16,17). The number of carbonyl (C=O) groups is 1. The SMILES string of the molecule is COc1cc(C(C)C)cc(C(C)C)c1NC(C)=O. The van der Waals surface area contributed by atoms with Crippen LogP contribution in [0.3, 0.4) is 0 Å². The smallest absolute Gasteiger partial charge is 0.221 e. The number of ether oxygens (including phenoxy) is 1. The Bertz CT molecular complexity index is 436. The zero-order chi connectivity index (χ0) is 13.9. The first-order chi connectivity index (χ1) is 8.36. The molecule has 0 aliphatic heterocycles. The summed E-state index contributed by atoms with van der Waals surface area (Å²) in [6, 6.07) is 4.16. The van der Waals surface area contributed by atoms with Crippen molar-refractivity contribution in [3.8, 4) is 5.75 Å². The highest BCUT2D eigenvalue weighted by atomic mass is 16.5. The highest BCUT2D eigenvalue weighted by Gasteiger charge is 2.16. The molecule has 1 N–H and O–H groups in total. The van der Waals surface area contributed by atoms with Gasteiger partial charge >= 0.3 is 0 Å². The molecule has 1 amide bonds. The van der Waals surface area contributed by atoms with Gasteiger partial charge in [0.25, 0.3) is 0 Å². The van der Waals surface area contributed by atoms with Crippen LogP contribution in [0, 0.1) is 0 Å². The Morgan fingerprint density at radius 3 is 2.17 bits per heavy atom. The summed E-state index contributed by atoms with van der Waals surface area (Å²) >= 11 is 0. The molecule has 0 unspecified atom stereocenters. The Morgan fingerprint density at radius 1 is 1.17 bits per heavy atom. The summed E-state index contributed by atoms with van der Waals surface area (Å²) in [5.41, 5.74) is 3.14. The van der Waals surface area contributed by atoms with Gasteiger partial charge in [0.05, 0.1) is 12.8 Å². The zero-order valence-electron chi connectivity index (χ0n) is 12.1. The van der Waals surface area contributed by atoms with E-state index in [1.54, 1.807) is 7.11 Å². The van der Waals surface area contributed by atoms with Crippen LogP contribution in [0.15, 0.2) is 12.1 Å². The zero-order valence-corrected chi connectivity index (χ0v) is 12.1. The molecule has 1 aromatic carbocycles. The van der Waals surface area contributed by atoms with Crippen molar-refractivity contribution in [1.82, 2.24) is 0 Å². The maximum absolute atomic E-state index is 11.3. The molecule has 0 aromatic heterocycles. The molecule has 0 spiro atoms. The maximum Gasteiger partial charge on any atom is 0.221 e. The molecular weight excluding hydrogens is 226 g/mol. The van der Waals surface area contributed by atoms with E-state index in [9.17, 15) is 4.79 Å². The van der Waals surface area contributed by atoms with Gasteiger partial charge in [0.1, 0.15) is 5.75 Å². The highest BCUT2D eigenvalue weighted by molar-refractivity contribution is 5.91. The first-order valence-electron chi connectivity index (χ1n) is 6.36. The summed E-state index contributed by atoms with van der Waals surface area (Å²) in [5, 5.41) is 2.88. The van der Waals surface area contributed by atoms with E-state index in [4.69, 9.17) is 4.74 Å². The number of amides is 1. The number of hydrogen-bond donors (Lipinski definition) is 1. The lowest BCUT2D eigenvalue weighted by atomic mass is 9.93. The van der Waals surface area contributed by atoms with Crippen LogP contribution in [0.2, 0.25) is 0 Å². The molecule has 3 heteroatoms. The number of hydrogen-bond acceptors (Lipinski definition) is 2. The van der Waals surface area contributed by atoms with E-state index in [-0.39, 0.29) is 5.91 Å². The molecule has 0 bridgehead atoms. The van der Waals surface area contributed by atoms with Gasteiger partial charge in [-0.3, -0.25) is 4.79 Å². The largest absolute Gasteiger partial charge is 0.495 e. The van der Waals surface area contributed by atoms with Crippen LogP contribution in [0.25, 0.3) is 0 Å². The van der Waals surface area contributed by atoms with Crippen molar-refractivity contribution in [2.75, 3.05) is 12.4 Å². The number of carbonyl (C=O) groups excluding carboxylic acids is 1. The van der Waals surface area contributed by atoms with Crippen molar-refractivity contribution in [1.29, 1.82) is 0 Å². The number of methoxy groups -OCH3 is 1. The second kappa shape index (κ2) is 5.89. The minimum absolute atomic E-state index is 0.0764. The monoisotopic (exact) mass is 249 g/mol. The summed E-state index contributed by atoms with van der Waals surface area (Å²) in [6.07, 6.45) is 0. The predicted molar refractivity (Wildman–Crippen MR) is 75.5 cm³/mol. The molecule has 0 radical (unpaired) electrons. The minimum atomic E-state index is -0.0764. The molecule has 0 heterocycles. The normalized spacial score (nSPS) is 10.9. The van der Waals surface area contributed by atoms with E-state index >= 15 is 0 Å². The fourth-order valence-electron chi connectivity index (χ4n) is 1.92. The molecule has 18 heavy (non-hydrogen) atoms. The van der Waals surface area contributed by atoms with Crippen LogP contribution < -0.4 is 10.1 Å². The number of rotatable bonds is 4. The summed E-state index contributed by atoms with van der Waals surface area (Å²) in [6.45, 7) is 10.0. The van der Waals surface area contributed by atoms with Crippen LogP contribution in [0.5, 0.6) is 5.75 Å². The molecule has 0 fully saturated rings. The molecule has 0 aliphatic rings. The van der Waals surface area contributed by atoms with Gasteiger partial charge in [-0.25, -0.2) is 0 Å². The number of anilines is 1. The van der Waals surface area contributed by atoms with Crippen molar-refractivity contribution in [3.05, 3.63) is 23.3 Å². The molecule has 0 saturated carbocycles. The third-order valence-electron chi connectivity index (χ3n) is 2.96. The Labute approximate surface area is 110 Å². The van der Waals surface area contributed by atoms with E-state index in [2.05, 4.69) is 39.1 Å². The Balaban J connectivity index is 3.40. The molecule has 0 atom stereocenters. The van der Waals surface area contributed by atoms with Crippen molar-refractivity contribution in [3.63, 3.8) is 0 Å². The second-order valence-electron chi connectivity index (χ2n) is 5.18. The van der Waals surface area contributed by atoms with E-state index in [0.29, 0.717) is 11.8 Å². The topological polar surface area (TPSA) is 38.3 Å². The average Bonchev–Trinajstić information content (AvgIpc) is 2.27. The van der Waals surface area contributed by atoms with Gasteiger partial charge in [-0.05, 0) is 29.0 Å². The van der Waals surface area contributed by atoms with Gasteiger partial charge in [0, 0.05) is 6.92 Å². The molecule has 1 rings (SSSR count). The quantitative estimate of drug-likeness (QED) is 0.878. The van der Waals surface area contributed by atoms with Crippen LogP contribution in [0.4, 0.5) is 5.69 Å². The van der Waals surface area contributed by atoms with E-state index in [1.807, 2.05) is 6.07 Å². The lowest BCUT2D eigenvalue weighted by molar-refractivity contribution is -0.114. The number of benzene rings is 1. The highest BCUT2D eigenvalue weighted by Crippen LogP contribution is 2.36. The number of nitrogens with one attached hydrogen (secondary N) is 1. The van der Waals surface area contributed by atoms with E-state index in [0.717, 1.165) is 17.0 Å². The third kappa shape index (κ3) is 3.25.